The lowest BCUT2D eigenvalue weighted by molar-refractivity contribution is 0.214. The van der Waals surface area contributed by atoms with E-state index in [0.717, 1.165) is 23.8 Å². The number of anilines is 1. The zero-order valence-electron chi connectivity index (χ0n) is 12.7. The predicted octanol–water partition coefficient (Wildman–Crippen LogP) is 4.19. The van der Waals surface area contributed by atoms with E-state index in [4.69, 9.17) is 9.47 Å². The zero-order chi connectivity index (χ0) is 14.8. The summed E-state index contributed by atoms with van der Waals surface area (Å²) in [4.78, 5) is 0. The molecule has 2 unspecified atom stereocenters. The van der Waals surface area contributed by atoms with E-state index >= 15 is 0 Å². The van der Waals surface area contributed by atoms with Crippen molar-refractivity contribution in [2.75, 3.05) is 19.0 Å². The first-order valence-electron chi connectivity index (χ1n) is 7.32. The molecule has 1 heterocycles. The first-order valence-corrected chi connectivity index (χ1v) is 7.32. The summed E-state index contributed by atoms with van der Waals surface area (Å²) in [6.45, 7) is 5.05. The van der Waals surface area contributed by atoms with Crippen LogP contribution in [-0.2, 0) is 0 Å². The minimum Gasteiger partial charge on any atom is -0.497 e. The molecule has 1 aliphatic rings. The SMILES string of the molecule is COc1ccc(NC2c3ccccc3OCC2C)c(C)c1. The van der Waals surface area contributed by atoms with Crippen molar-refractivity contribution in [1.29, 1.82) is 0 Å². The first-order chi connectivity index (χ1) is 10.2. The van der Waals surface area contributed by atoms with Crippen LogP contribution in [0.15, 0.2) is 42.5 Å². The van der Waals surface area contributed by atoms with Gasteiger partial charge in [-0.25, -0.2) is 0 Å². The Morgan fingerprint density at radius 1 is 1.19 bits per heavy atom. The molecule has 0 bridgehead atoms. The maximum atomic E-state index is 5.81. The number of ether oxygens (including phenoxy) is 2. The van der Waals surface area contributed by atoms with Crippen LogP contribution in [0.4, 0.5) is 5.69 Å². The number of hydrogen-bond acceptors (Lipinski definition) is 3. The lowest BCUT2D eigenvalue weighted by Crippen LogP contribution is -2.29. The second-order valence-electron chi connectivity index (χ2n) is 5.63. The molecule has 0 fully saturated rings. The lowest BCUT2D eigenvalue weighted by atomic mass is 9.91. The van der Waals surface area contributed by atoms with Crippen molar-refractivity contribution in [3.63, 3.8) is 0 Å². The van der Waals surface area contributed by atoms with Crippen LogP contribution < -0.4 is 14.8 Å². The van der Waals surface area contributed by atoms with Gasteiger partial charge in [0, 0.05) is 17.2 Å². The van der Waals surface area contributed by atoms with Crippen LogP contribution in [0, 0.1) is 12.8 Å². The number of nitrogens with one attached hydrogen (secondary N) is 1. The third-order valence-corrected chi connectivity index (χ3v) is 4.07. The van der Waals surface area contributed by atoms with Crippen LogP contribution in [0.1, 0.15) is 24.1 Å². The topological polar surface area (TPSA) is 30.5 Å². The number of para-hydroxylation sites is 1. The van der Waals surface area contributed by atoms with Gasteiger partial charge in [-0.15, -0.1) is 0 Å². The van der Waals surface area contributed by atoms with Crippen LogP contribution in [0.3, 0.4) is 0 Å². The average Bonchev–Trinajstić information content (AvgIpc) is 2.51. The normalized spacial score (nSPS) is 20.3. The highest BCUT2D eigenvalue weighted by Gasteiger charge is 2.27. The molecule has 0 saturated carbocycles. The maximum absolute atomic E-state index is 5.81. The van der Waals surface area contributed by atoms with Gasteiger partial charge in [0.05, 0.1) is 19.8 Å². The minimum absolute atomic E-state index is 0.266. The quantitative estimate of drug-likeness (QED) is 0.916. The van der Waals surface area contributed by atoms with Gasteiger partial charge in [0.15, 0.2) is 0 Å². The Morgan fingerprint density at radius 2 is 2.00 bits per heavy atom. The third-order valence-electron chi connectivity index (χ3n) is 4.07. The summed E-state index contributed by atoms with van der Waals surface area (Å²) in [7, 11) is 1.69. The van der Waals surface area contributed by atoms with Crippen molar-refractivity contribution >= 4 is 5.69 Å². The molecule has 0 amide bonds. The van der Waals surface area contributed by atoms with Crippen molar-refractivity contribution in [1.82, 2.24) is 0 Å². The van der Waals surface area contributed by atoms with Crippen molar-refractivity contribution < 1.29 is 9.47 Å². The molecule has 0 saturated heterocycles. The number of methoxy groups -OCH3 is 1. The Morgan fingerprint density at radius 3 is 2.76 bits per heavy atom. The monoisotopic (exact) mass is 283 g/mol. The van der Waals surface area contributed by atoms with E-state index in [1.54, 1.807) is 7.11 Å². The van der Waals surface area contributed by atoms with Gasteiger partial charge >= 0.3 is 0 Å². The van der Waals surface area contributed by atoms with Crippen molar-refractivity contribution in [3.05, 3.63) is 53.6 Å². The maximum Gasteiger partial charge on any atom is 0.124 e. The number of benzene rings is 2. The Labute approximate surface area is 125 Å². The van der Waals surface area contributed by atoms with E-state index in [9.17, 15) is 0 Å². The van der Waals surface area contributed by atoms with Crippen molar-refractivity contribution in [2.45, 2.75) is 19.9 Å². The largest absolute Gasteiger partial charge is 0.497 e. The second-order valence-corrected chi connectivity index (χ2v) is 5.63. The molecule has 1 N–H and O–H groups in total. The first kappa shape index (κ1) is 13.8. The molecule has 0 aromatic heterocycles. The summed E-state index contributed by atoms with van der Waals surface area (Å²) < 4.78 is 11.1. The molecule has 0 aliphatic carbocycles. The fourth-order valence-electron chi connectivity index (χ4n) is 2.81. The summed E-state index contributed by atoms with van der Waals surface area (Å²) >= 11 is 0. The second kappa shape index (κ2) is 5.68. The van der Waals surface area contributed by atoms with E-state index in [1.165, 1.54) is 11.1 Å². The standard InChI is InChI=1S/C18H21NO2/c1-12-10-14(20-3)8-9-16(12)19-18-13(2)11-21-17-7-5-4-6-15(17)18/h4-10,13,18-19H,11H2,1-3H3. The highest BCUT2D eigenvalue weighted by Crippen LogP contribution is 2.38. The molecule has 3 rings (SSSR count). The van der Waals surface area contributed by atoms with Crippen LogP contribution in [0.25, 0.3) is 0 Å². The fourth-order valence-corrected chi connectivity index (χ4v) is 2.81. The number of hydrogen-bond donors (Lipinski definition) is 1. The summed E-state index contributed by atoms with van der Waals surface area (Å²) in [6, 6.07) is 14.7. The summed E-state index contributed by atoms with van der Waals surface area (Å²) in [6.07, 6.45) is 0. The van der Waals surface area contributed by atoms with Gasteiger partial charge in [0.25, 0.3) is 0 Å². The summed E-state index contributed by atoms with van der Waals surface area (Å²) in [5, 5.41) is 3.67. The van der Waals surface area contributed by atoms with Crippen LogP contribution >= 0.6 is 0 Å². The van der Waals surface area contributed by atoms with Gasteiger partial charge in [-0.2, -0.15) is 0 Å². The Kier molecular flexibility index (Phi) is 3.74. The Bertz CT molecular complexity index is 639. The van der Waals surface area contributed by atoms with Gasteiger partial charge in [-0.05, 0) is 36.8 Å². The van der Waals surface area contributed by atoms with Gasteiger partial charge in [-0.1, -0.05) is 25.1 Å². The fraction of sp³-hybridized carbons (Fsp3) is 0.333. The average molecular weight is 283 g/mol. The molecule has 0 radical (unpaired) electrons. The molecule has 0 spiro atoms. The number of fused-ring (bicyclic) bond motifs is 1. The number of rotatable bonds is 3. The molecule has 2 aromatic carbocycles. The Hall–Kier alpha value is -2.16. The molecule has 3 nitrogen and oxygen atoms in total. The van der Waals surface area contributed by atoms with Crippen LogP contribution in [-0.4, -0.2) is 13.7 Å². The van der Waals surface area contributed by atoms with Crippen LogP contribution in [0.2, 0.25) is 0 Å². The van der Waals surface area contributed by atoms with Crippen LogP contribution in [0.5, 0.6) is 11.5 Å². The molecule has 2 aromatic rings. The van der Waals surface area contributed by atoms with E-state index in [1.807, 2.05) is 18.2 Å². The van der Waals surface area contributed by atoms with Gasteiger partial charge < -0.3 is 14.8 Å². The lowest BCUT2D eigenvalue weighted by Gasteiger charge is -2.33. The Balaban J connectivity index is 1.90. The summed E-state index contributed by atoms with van der Waals surface area (Å²) in [5.41, 5.74) is 3.56. The molecule has 1 aliphatic heterocycles. The van der Waals surface area contributed by atoms with E-state index in [-0.39, 0.29) is 6.04 Å². The van der Waals surface area contributed by atoms with Crippen molar-refractivity contribution in [2.24, 2.45) is 5.92 Å². The third kappa shape index (κ3) is 2.68. The molecule has 2 atom stereocenters. The minimum atomic E-state index is 0.266. The highest BCUT2D eigenvalue weighted by atomic mass is 16.5. The van der Waals surface area contributed by atoms with E-state index < -0.39 is 0 Å². The molecule has 110 valence electrons. The zero-order valence-corrected chi connectivity index (χ0v) is 12.7. The summed E-state index contributed by atoms with van der Waals surface area (Å²) in [5.74, 6) is 2.29. The molecular formula is C18H21NO2. The molecule has 3 heteroatoms. The predicted molar refractivity (Wildman–Crippen MR) is 85.2 cm³/mol. The van der Waals surface area contributed by atoms with Gasteiger partial charge in [0.2, 0.25) is 0 Å². The highest BCUT2D eigenvalue weighted by molar-refractivity contribution is 5.56. The van der Waals surface area contributed by atoms with E-state index in [2.05, 4.69) is 43.4 Å². The van der Waals surface area contributed by atoms with Gasteiger partial charge in [0.1, 0.15) is 11.5 Å². The number of aryl methyl sites for hydroxylation is 1. The van der Waals surface area contributed by atoms with E-state index in [0.29, 0.717) is 5.92 Å². The van der Waals surface area contributed by atoms with Gasteiger partial charge in [-0.3, -0.25) is 0 Å². The molecular weight excluding hydrogens is 262 g/mol. The van der Waals surface area contributed by atoms with Crippen molar-refractivity contribution in [3.8, 4) is 11.5 Å². The smallest absolute Gasteiger partial charge is 0.124 e. The molecule has 21 heavy (non-hydrogen) atoms.